The summed E-state index contributed by atoms with van der Waals surface area (Å²) in [5, 5.41) is 12.8. The molecule has 0 radical (unpaired) electrons. The summed E-state index contributed by atoms with van der Waals surface area (Å²) >= 11 is 0. The van der Waals surface area contributed by atoms with E-state index in [1.165, 1.54) is 0 Å². The summed E-state index contributed by atoms with van der Waals surface area (Å²) in [5.41, 5.74) is 0.430. The molecule has 2 aromatic rings. The largest absolute Gasteiger partial charge is 0.416 e. The van der Waals surface area contributed by atoms with Gasteiger partial charge in [-0.05, 0) is 50.3 Å². The molecular formula is C22H27F3N4O2S. The first kappa shape index (κ1) is 23.0. The molecule has 32 heavy (non-hydrogen) atoms. The Morgan fingerprint density at radius 2 is 1.81 bits per heavy atom. The number of nitrogens with zero attached hydrogens (tertiary/aromatic N) is 3. The second kappa shape index (κ2) is 8.62. The topological polar surface area (TPSA) is 78.3 Å². The Morgan fingerprint density at radius 3 is 2.41 bits per heavy atom. The lowest BCUT2D eigenvalue weighted by molar-refractivity contribution is -0.137. The minimum absolute atomic E-state index is 0.105. The molecule has 0 bridgehead atoms. The number of alkyl halides is 3. The summed E-state index contributed by atoms with van der Waals surface area (Å²) in [6.45, 7) is 4.93. The van der Waals surface area contributed by atoms with Crippen LogP contribution in [0.25, 0.3) is 0 Å². The summed E-state index contributed by atoms with van der Waals surface area (Å²) in [6.07, 6.45) is -2.15. The summed E-state index contributed by atoms with van der Waals surface area (Å²) in [4.78, 5) is 12.0. The van der Waals surface area contributed by atoms with Crippen LogP contribution in [-0.4, -0.2) is 50.3 Å². The fourth-order valence-electron chi connectivity index (χ4n) is 4.13. The highest BCUT2D eigenvalue weighted by atomic mass is 32.2. The van der Waals surface area contributed by atoms with Crippen LogP contribution in [0.3, 0.4) is 0 Å². The number of piperidine rings is 1. The van der Waals surface area contributed by atoms with E-state index in [0.29, 0.717) is 41.9 Å². The van der Waals surface area contributed by atoms with E-state index in [9.17, 15) is 22.5 Å². The number of hydrogen-bond acceptors (Lipinski definition) is 6. The van der Waals surface area contributed by atoms with E-state index >= 15 is 0 Å². The smallest absolute Gasteiger partial charge is 0.394 e. The average molecular weight is 469 g/mol. The van der Waals surface area contributed by atoms with Crippen LogP contribution < -0.4 is 10.2 Å². The van der Waals surface area contributed by atoms with Gasteiger partial charge in [0.25, 0.3) is 0 Å². The maximum atomic E-state index is 12.8. The van der Waals surface area contributed by atoms with Gasteiger partial charge in [-0.15, -0.1) is 0 Å². The standard InChI is InChI=1S/C22H27F3N4O2S/c1-21(2,13-30)28-19-18-17(9-12-32(18)31)26-20(27-19)29-10-7-15(8-11-29)14-3-5-16(6-4-14)22(23,24)25/h3-6,15,30H,7-13H2,1-2H3,(H,26,27,28). The summed E-state index contributed by atoms with van der Waals surface area (Å²) in [6, 6.07) is 5.44. The lowest BCUT2D eigenvalue weighted by Gasteiger charge is -2.33. The zero-order chi connectivity index (χ0) is 23.1. The van der Waals surface area contributed by atoms with E-state index in [2.05, 4.69) is 20.2 Å². The van der Waals surface area contributed by atoms with E-state index < -0.39 is 28.1 Å². The maximum Gasteiger partial charge on any atom is 0.416 e. The quantitative estimate of drug-likeness (QED) is 0.697. The Hall–Kier alpha value is -2.20. The molecule has 0 saturated carbocycles. The molecule has 4 rings (SSSR count). The third-order valence-corrected chi connectivity index (χ3v) is 7.47. The zero-order valence-electron chi connectivity index (χ0n) is 18.1. The van der Waals surface area contributed by atoms with Gasteiger partial charge >= 0.3 is 6.18 Å². The second-order valence-electron chi connectivity index (χ2n) is 9.00. The number of anilines is 2. The van der Waals surface area contributed by atoms with E-state index in [-0.39, 0.29) is 12.5 Å². The number of hydrogen-bond donors (Lipinski definition) is 2. The second-order valence-corrected chi connectivity index (χ2v) is 10.5. The molecular weight excluding hydrogens is 441 g/mol. The Bertz CT molecular complexity index is 1000. The highest BCUT2D eigenvalue weighted by Gasteiger charge is 2.32. The molecule has 3 heterocycles. The number of fused-ring (bicyclic) bond motifs is 1. The van der Waals surface area contributed by atoms with Crippen LogP contribution in [0.1, 0.15) is 49.4 Å². The molecule has 10 heteroatoms. The van der Waals surface area contributed by atoms with Crippen molar-refractivity contribution in [3.63, 3.8) is 0 Å². The fraction of sp³-hybridized carbons (Fsp3) is 0.545. The molecule has 1 aromatic carbocycles. The molecule has 0 aliphatic carbocycles. The average Bonchev–Trinajstić information content (AvgIpc) is 3.14. The van der Waals surface area contributed by atoms with E-state index in [0.717, 1.165) is 36.2 Å². The molecule has 2 aliphatic rings. The summed E-state index contributed by atoms with van der Waals surface area (Å²) in [7, 11) is -1.17. The van der Waals surface area contributed by atoms with Crippen molar-refractivity contribution < 1.29 is 22.5 Å². The van der Waals surface area contributed by atoms with Gasteiger partial charge in [-0.25, -0.2) is 4.98 Å². The SMILES string of the molecule is CC(C)(CO)Nc1nc(N2CCC(c3ccc(C(F)(F)F)cc3)CC2)nc2c1S(=O)CC2. The summed E-state index contributed by atoms with van der Waals surface area (Å²) < 4.78 is 50.9. The first-order valence-corrected chi connectivity index (χ1v) is 12.0. The van der Waals surface area contributed by atoms with Gasteiger partial charge in [0.15, 0.2) is 0 Å². The van der Waals surface area contributed by atoms with Crippen LogP contribution >= 0.6 is 0 Å². The zero-order valence-corrected chi connectivity index (χ0v) is 18.9. The minimum Gasteiger partial charge on any atom is -0.394 e. The minimum atomic E-state index is -4.33. The molecule has 1 aromatic heterocycles. The van der Waals surface area contributed by atoms with Crippen molar-refractivity contribution in [1.29, 1.82) is 0 Å². The van der Waals surface area contributed by atoms with Crippen LogP contribution in [0.5, 0.6) is 0 Å². The van der Waals surface area contributed by atoms with Crippen LogP contribution in [0, 0.1) is 0 Å². The third kappa shape index (κ3) is 4.76. The maximum absolute atomic E-state index is 12.8. The van der Waals surface area contributed by atoms with Gasteiger partial charge in [-0.2, -0.15) is 18.2 Å². The molecule has 6 nitrogen and oxygen atoms in total. The van der Waals surface area contributed by atoms with Crippen molar-refractivity contribution in [3.8, 4) is 0 Å². The Kier molecular flexibility index (Phi) is 6.19. The van der Waals surface area contributed by atoms with Crippen molar-refractivity contribution in [2.75, 3.05) is 35.7 Å². The monoisotopic (exact) mass is 468 g/mol. The molecule has 1 unspecified atom stereocenters. The number of aromatic nitrogens is 2. The Balaban J connectivity index is 1.50. The number of nitrogens with one attached hydrogen (secondary N) is 1. The van der Waals surface area contributed by atoms with Crippen LogP contribution in [0.15, 0.2) is 29.2 Å². The molecule has 1 atom stereocenters. The van der Waals surface area contributed by atoms with E-state index in [1.54, 1.807) is 12.1 Å². The lowest BCUT2D eigenvalue weighted by Crippen LogP contribution is -2.37. The predicted molar refractivity (Wildman–Crippen MR) is 117 cm³/mol. The number of halogens is 3. The normalized spacial score (nSPS) is 19.8. The molecule has 2 N–H and O–H groups in total. The molecule has 1 saturated heterocycles. The highest BCUT2D eigenvalue weighted by Crippen LogP contribution is 2.35. The third-order valence-electron chi connectivity index (χ3n) is 6.02. The Labute approximate surface area is 187 Å². The van der Waals surface area contributed by atoms with Crippen LogP contribution in [0.4, 0.5) is 24.9 Å². The molecule has 0 spiro atoms. The highest BCUT2D eigenvalue weighted by molar-refractivity contribution is 7.85. The molecule has 2 aliphatic heterocycles. The molecule has 174 valence electrons. The predicted octanol–water partition coefficient (Wildman–Crippen LogP) is 3.73. The van der Waals surface area contributed by atoms with Crippen molar-refractivity contribution in [3.05, 3.63) is 41.1 Å². The number of aliphatic hydroxyl groups excluding tert-OH is 1. The van der Waals surface area contributed by atoms with Gasteiger partial charge in [0.05, 0.1) is 34.2 Å². The van der Waals surface area contributed by atoms with Crippen molar-refractivity contribution in [2.45, 2.75) is 55.6 Å². The van der Waals surface area contributed by atoms with Crippen LogP contribution in [0.2, 0.25) is 0 Å². The number of aliphatic hydroxyl groups is 1. The number of benzene rings is 1. The fourth-order valence-corrected chi connectivity index (χ4v) is 5.43. The van der Waals surface area contributed by atoms with Gasteiger partial charge in [0.1, 0.15) is 10.7 Å². The van der Waals surface area contributed by atoms with E-state index in [4.69, 9.17) is 0 Å². The first-order chi connectivity index (χ1) is 15.1. The van der Waals surface area contributed by atoms with E-state index in [1.807, 2.05) is 13.8 Å². The van der Waals surface area contributed by atoms with Crippen molar-refractivity contribution >= 4 is 22.6 Å². The van der Waals surface area contributed by atoms with Gasteiger partial charge in [0, 0.05) is 25.3 Å². The van der Waals surface area contributed by atoms with Crippen molar-refractivity contribution in [2.24, 2.45) is 0 Å². The molecule has 1 fully saturated rings. The van der Waals surface area contributed by atoms with Crippen LogP contribution in [-0.2, 0) is 23.4 Å². The van der Waals surface area contributed by atoms with Gasteiger partial charge < -0.3 is 15.3 Å². The summed E-state index contributed by atoms with van der Waals surface area (Å²) in [5.74, 6) is 1.76. The number of aryl methyl sites for hydroxylation is 1. The Morgan fingerprint density at radius 1 is 1.16 bits per heavy atom. The lowest BCUT2D eigenvalue weighted by atomic mass is 9.89. The molecule has 0 amide bonds. The van der Waals surface area contributed by atoms with Gasteiger partial charge in [0.2, 0.25) is 5.95 Å². The van der Waals surface area contributed by atoms with Crippen molar-refractivity contribution in [1.82, 2.24) is 9.97 Å². The first-order valence-electron chi connectivity index (χ1n) is 10.7. The number of rotatable bonds is 5. The van der Waals surface area contributed by atoms with Gasteiger partial charge in [-0.1, -0.05) is 12.1 Å². The van der Waals surface area contributed by atoms with Gasteiger partial charge in [-0.3, -0.25) is 4.21 Å².